The standard InChI is InChI=1S/C17H14N2O3/c1-10-3-6-12(7-4-10)14-15(16(20)17(21)22)19-9-11(2)5-8-13(19)18-14/h3-9H,1-2H3,(H,21,22)/i1D3,3D,4D,6D,7D. The van der Waals surface area contributed by atoms with Gasteiger partial charge in [0.15, 0.2) is 0 Å². The van der Waals surface area contributed by atoms with Crippen LogP contribution in [0.5, 0.6) is 0 Å². The Kier molecular flexibility index (Phi) is 1.83. The third-order valence-electron chi connectivity index (χ3n) is 3.04. The van der Waals surface area contributed by atoms with Crippen LogP contribution in [0.2, 0.25) is 0 Å². The molecule has 5 heteroatoms. The SMILES string of the molecule is [2H]c1c([2H])c(C([2H])([2H])[2H])c([2H])c([2H])c1-c1nc2ccc(C)cn2c1C(=O)C(=O)O. The summed E-state index contributed by atoms with van der Waals surface area (Å²) in [4.78, 5) is 27.9. The number of hydrogen-bond acceptors (Lipinski definition) is 3. The molecule has 110 valence electrons. The number of nitrogens with zero attached hydrogens (tertiary/aromatic N) is 2. The van der Waals surface area contributed by atoms with Crippen molar-refractivity contribution in [1.82, 2.24) is 9.38 Å². The molecule has 0 aliphatic rings. The molecule has 2 aromatic heterocycles. The Morgan fingerprint density at radius 2 is 1.95 bits per heavy atom. The Hall–Kier alpha value is -2.95. The molecule has 0 atom stereocenters. The van der Waals surface area contributed by atoms with Crippen LogP contribution in [0, 0.1) is 13.8 Å². The molecule has 0 saturated carbocycles. The maximum absolute atomic E-state index is 12.4. The molecule has 2 heterocycles. The number of aromatic nitrogens is 2. The Morgan fingerprint density at radius 3 is 2.59 bits per heavy atom. The van der Waals surface area contributed by atoms with Crippen LogP contribution in [0.25, 0.3) is 16.9 Å². The van der Waals surface area contributed by atoms with Crippen molar-refractivity contribution in [3.05, 3.63) is 59.3 Å². The van der Waals surface area contributed by atoms with Crippen LogP contribution >= 0.6 is 0 Å². The van der Waals surface area contributed by atoms with E-state index < -0.39 is 59.6 Å². The predicted molar refractivity (Wildman–Crippen MR) is 82.1 cm³/mol. The van der Waals surface area contributed by atoms with Crippen LogP contribution in [-0.2, 0) is 4.79 Å². The molecule has 0 saturated heterocycles. The highest BCUT2D eigenvalue weighted by molar-refractivity contribution is 6.40. The zero-order valence-electron chi connectivity index (χ0n) is 18.4. The fourth-order valence-corrected chi connectivity index (χ4v) is 2.07. The molecular formula is C17H14N2O3. The number of aryl methyl sites for hydroxylation is 1. The van der Waals surface area contributed by atoms with Crippen molar-refractivity contribution in [3.63, 3.8) is 0 Å². The third kappa shape index (κ3) is 2.26. The summed E-state index contributed by atoms with van der Waals surface area (Å²) < 4.78 is 56.1. The maximum atomic E-state index is 12.4. The highest BCUT2D eigenvalue weighted by Crippen LogP contribution is 2.25. The number of carbonyl (C=O) groups is 2. The predicted octanol–water partition coefficient (Wildman–Crippen LogP) is 2.89. The maximum Gasteiger partial charge on any atom is 0.378 e. The molecule has 5 nitrogen and oxygen atoms in total. The highest BCUT2D eigenvalue weighted by atomic mass is 16.4. The summed E-state index contributed by atoms with van der Waals surface area (Å²) in [6, 6.07) is 0.109. The van der Waals surface area contributed by atoms with Crippen LogP contribution < -0.4 is 0 Å². The summed E-state index contributed by atoms with van der Waals surface area (Å²) in [5.74, 6) is -3.14. The summed E-state index contributed by atoms with van der Waals surface area (Å²) in [5.41, 5.74) is -1.18. The molecule has 0 unspecified atom stereocenters. The van der Waals surface area contributed by atoms with Gasteiger partial charge in [0.05, 0.1) is 5.48 Å². The Morgan fingerprint density at radius 1 is 1.23 bits per heavy atom. The van der Waals surface area contributed by atoms with E-state index in [0.717, 1.165) is 0 Å². The lowest BCUT2D eigenvalue weighted by atomic mass is 10.1. The van der Waals surface area contributed by atoms with Gasteiger partial charge in [-0.25, -0.2) is 9.78 Å². The number of carboxylic acid groups (broad SMARTS) is 1. The molecule has 0 bridgehead atoms. The van der Waals surface area contributed by atoms with Gasteiger partial charge in [0.2, 0.25) is 0 Å². The largest absolute Gasteiger partial charge is 0.475 e. The van der Waals surface area contributed by atoms with E-state index >= 15 is 0 Å². The van der Waals surface area contributed by atoms with E-state index in [-0.39, 0.29) is 11.3 Å². The lowest BCUT2D eigenvalue weighted by Gasteiger charge is -2.03. The first-order valence-electron chi connectivity index (χ1n) is 9.73. The van der Waals surface area contributed by atoms with Gasteiger partial charge >= 0.3 is 5.97 Å². The second kappa shape index (κ2) is 5.11. The average molecular weight is 301 g/mol. The molecule has 0 aliphatic heterocycles. The van der Waals surface area contributed by atoms with Gasteiger partial charge in [-0.05, 0) is 25.4 Å². The first kappa shape index (κ1) is 7.89. The second-order valence-corrected chi connectivity index (χ2v) is 4.63. The Labute approximate surface area is 136 Å². The van der Waals surface area contributed by atoms with Crippen LogP contribution in [0.1, 0.15) is 31.2 Å². The first-order chi connectivity index (χ1) is 13.4. The van der Waals surface area contributed by atoms with Gasteiger partial charge in [0.25, 0.3) is 5.78 Å². The van der Waals surface area contributed by atoms with Gasteiger partial charge in [-0.2, -0.15) is 0 Å². The number of ketones is 1. The fourth-order valence-electron chi connectivity index (χ4n) is 2.07. The van der Waals surface area contributed by atoms with Gasteiger partial charge in [-0.15, -0.1) is 0 Å². The first-order valence-corrected chi connectivity index (χ1v) is 6.23. The fraction of sp³-hybridized carbons (Fsp3) is 0.118. The van der Waals surface area contributed by atoms with Crippen LogP contribution in [-0.4, -0.2) is 26.2 Å². The zero-order valence-corrected chi connectivity index (χ0v) is 11.4. The monoisotopic (exact) mass is 301 g/mol. The lowest BCUT2D eigenvalue weighted by molar-refractivity contribution is -0.131. The molecule has 0 amide bonds. The average Bonchev–Trinajstić information content (AvgIpc) is 2.96. The highest BCUT2D eigenvalue weighted by Gasteiger charge is 2.25. The van der Waals surface area contributed by atoms with E-state index in [9.17, 15) is 14.7 Å². The molecule has 3 aromatic rings. The summed E-state index contributed by atoms with van der Waals surface area (Å²) in [6.45, 7) is -1.19. The quantitative estimate of drug-likeness (QED) is 0.596. The van der Waals surface area contributed by atoms with Gasteiger partial charge < -0.3 is 5.11 Å². The molecular weight excluding hydrogens is 280 g/mol. The molecule has 0 radical (unpaired) electrons. The smallest absolute Gasteiger partial charge is 0.378 e. The molecule has 22 heavy (non-hydrogen) atoms. The van der Waals surface area contributed by atoms with Crippen molar-refractivity contribution in [2.45, 2.75) is 13.8 Å². The molecule has 0 fully saturated rings. The van der Waals surface area contributed by atoms with E-state index in [2.05, 4.69) is 4.98 Å². The van der Waals surface area contributed by atoms with Crippen LogP contribution in [0.15, 0.2) is 42.5 Å². The molecule has 0 aliphatic carbocycles. The molecule has 1 aromatic carbocycles. The van der Waals surface area contributed by atoms with Crippen molar-refractivity contribution in [3.8, 4) is 11.3 Å². The number of hydrogen-bond donors (Lipinski definition) is 1. The van der Waals surface area contributed by atoms with Gasteiger partial charge in [-0.1, -0.05) is 35.8 Å². The third-order valence-corrected chi connectivity index (χ3v) is 3.04. The number of imidazole rings is 1. The summed E-state index contributed by atoms with van der Waals surface area (Å²) in [5, 5.41) is 9.22. The van der Waals surface area contributed by atoms with Crippen molar-refractivity contribution in [2.24, 2.45) is 0 Å². The summed E-state index contributed by atoms with van der Waals surface area (Å²) >= 11 is 0. The van der Waals surface area contributed by atoms with Gasteiger partial charge in [-0.3, -0.25) is 9.20 Å². The van der Waals surface area contributed by atoms with Crippen molar-refractivity contribution in [1.29, 1.82) is 0 Å². The van der Waals surface area contributed by atoms with Crippen molar-refractivity contribution in [2.75, 3.05) is 0 Å². The molecule has 0 spiro atoms. The van der Waals surface area contributed by atoms with E-state index in [1.165, 1.54) is 16.7 Å². The number of carboxylic acids is 1. The van der Waals surface area contributed by atoms with Crippen molar-refractivity contribution < 1.29 is 24.3 Å². The van der Waals surface area contributed by atoms with Gasteiger partial charge in [0, 0.05) is 15.9 Å². The minimum absolute atomic E-state index is 0.159. The number of aliphatic carboxylic acids is 1. The lowest BCUT2D eigenvalue weighted by Crippen LogP contribution is -2.16. The van der Waals surface area contributed by atoms with E-state index in [4.69, 9.17) is 9.60 Å². The normalized spacial score (nSPS) is 16.0. The van der Waals surface area contributed by atoms with E-state index in [0.29, 0.717) is 5.56 Å². The zero-order chi connectivity index (χ0) is 21.8. The summed E-state index contributed by atoms with van der Waals surface area (Å²) in [6.07, 6.45) is 1.45. The molecule has 3 rings (SSSR count). The van der Waals surface area contributed by atoms with Crippen molar-refractivity contribution >= 4 is 17.4 Å². The minimum Gasteiger partial charge on any atom is -0.475 e. The summed E-state index contributed by atoms with van der Waals surface area (Å²) in [7, 11) is 0. The van der Waals surface area contributed by atoms with E-state index in [1.54, 1.807) is 13.0 Å². The van der Waals surface area contributed by atoms with E-state index in [1.807, 2.05) is 0 Å². The second-order valence-electron chi connectivity index (χ2n) is 4.63. The van der Waals surface area contributed by atoms with Crippen LogP contribution in [0.3, 0.4) is 0 Å². The number of rotatable bonds is 3. The minimum atomic E-state index is -2.89. The molecule has 1 N–H and O–H groups in total. The number of Topliss-reactive ketones (excluding diaryl/α,β-unsaturated/α-hetero) is 1. The number of pyridine rings is 1. The Bertz CT molecular complexity index is 1170. The van der Waals surface area contributed by atoms with Gasteiger partial charge in [0.1, 0.15) is 17.0 Å². The number of fused-ring (bicyclic) bond motifs is 1. The topological polar surface area (TPSA) is 71.7 Å². The number of benzene rings is 1. The Balaban J connectivity index is 2.48. The number of carbonyl (C=O) groups excluding carboxylic acids is 1. The van der Waals surface area contributed by atoms with Crippen LogP contribution in [0.4, 0.5) is 0 Å².